The van der Waals surface area contributed by atoms with Gasteiger partial charge in [0.15, 0.2) is 0 Å². The second-order valence-corrected chi connectivity index (χ2v) is 3.94. The SMILES string of the molecule is COc1cc(Br)c(CO)c(Br)c1. The van der Waals surface area contributed by atoms with E-state index < -0.39 is 0 Å². The summed E-state index contributed by atoms with van der Waals surface area (Å²) >= 11 is 6.66. The van der Waals surface area contributed by atoms with Crippen molar-refractivity contribution in [2.24, 2.45) is 0 Å². The number of hydrogen-bond donors (Lipinski definition) is 1. The van der Waals surface area contributed by atoms with Crippen LogP contribution in [0.1, 0.15) is 5.56 Å². The number of methoxy groups -OCH3 is 1. The number of hydrogen-bond acceptors (Lipinski definition) is 2. The minimum absolute atomic E-state index is 0.00512. The largest absolute Gasteiger partial charge is 0.497 e. The fourth-order valence-electron chi connectivity index (χ4n) is 0.849. The Kier molecular flexibility index (Phi) is 3.55. The Morgan fingerprint density at radius 1 is 1.33 bits per heavy atom. The lowest BCUT2D eigenvalue weighted by Crippen LogP contribution is -1.90. The molecule has 0 bridgehead atoms. The van der Waals surface area contributed by atoms with E-state index in [1.807, 2.05) is 12.1 Å². The van der Waals surface area contributed by atoms with Gasteiger partial charge in [0.2, 0.25) is 0 Å². The first kappa shape index (κ1) is 10.0. The van der Waals surface area contributed by atoms with E-state index >= 15 is 0 Å². The smallest absolute Gasteiger partial charge is 0.121 e. The third kappa shape index (κ3) is 2.00. The molecule has 0 aliphatic carbocycles. The molecule has 1 aromatic rings. The lowest BCUT2D eigenvalue weighted by Gasteiger charge is -2.06. The second-order valence-electron chi connectivity index (χ2n) is 2.23. The molecule has 0 saturated heterocycles. The van der Waals surface area contributed by atoms with E-state index in [9.17, 15) is 0 Å². The normalized spacial score (nSPS) is 10.0. The molecule has 0 spiro atoms. The van der Waals surface area contributed by atoms with Gasteiger partial charge in [0.25, 0.3) is 0 Å². The molecular weight excluding hydrogens is 288 g/mol. The van der Waals surface area contributed by atoms with Crippen molar-refractivity contribution < 1.29 is 9.84 Å². The van der Waals surface area contributed by atoms with Crippen molar-refractivity contribution in [3.8, 4) is 5.75 Å². The highest BCUT2D eigenvalue weighted by molar-refractivity contribution is 9.11. The summed E-state index contributed by atoms with van der Waals surface area (Å²) in [7, 11) is 1.60. The van der Waals surface area contributed by atoms with Gasteiger partial charge < -0.3 is 9.84 Å². The number of benzene rings is 1. The van der Waals surface area contributed by atoms with Crippen molar-refractivity contribution >= 4 is 31.9 Å². The molecule has 0 heterocycles. The van der Waals surface area contributed by atoms with Crippen LogP contribution in [0.15, 0.2) is 21.1 Å². The van der Waals surface area contributed by atoms with Crippen LogP contribution in [0.25, 0.3) is 0 Å². The van der Waals surface area contributed by atoms with Crippen LogP contribution in [0.5, 0.6) is 5.75 Å². The van der Waals surface area contributed by atoms with Gasteiger partial charge in [0, 0.05) is 14.5 Å². The van der Waals surface area contributed by atoms with Gasteiger partial charge in [-0.25, -0.2) is 0 Å². The summed E-state index contributed by atoms with van der Waals surface area (Å²) in [6.07, 6.45) is 0. The first-order chi connectivity index (χ1) is 5.69. The highest BCUT2D eigenvalue weighted by Gasteiger charge is 2.05. The third-order valence-corrected chi connectivity index (χ3v) is 2.92. The minimum Gasteiger partial charge on any atom is -0.497 e. The molecule has 0 atom stereocenters. The molecule has 1 aromatic carbocycles. The van der Waals surface area contributed by atoms with Gasteiger partial charge in [-0.1, -0.05) is 31.9 Å². The topological polar surface area (TPSA) is 29.5 Å². The molecule has 0 aromatic heterocycles. The van der Waals surface area contributed by atoms with E-state index in [1.54, 1.807) is 7.11 Å². The summed E-state index contributed by atoms with van der Waals surface area (Å²) in [6.45, 7) is 0.00512. The monoisotopic (exact) mass is 294 g/mol. The van der Waals surface area contributed by atoms with Crippen molar-refractivity contribution in [3.05, 3.63) is 26.6 Å². The van der Waals surface area contributed by atoms with E-state index in [0.717, 1.165) is 20.3 Å². The van der Waals surface area contributed by atoms with Gasteiger partial charge in [0.05, 0.1) is 13.7 Å². The quantitative estimate of drug-likeness (QED) is 0.909. The maximum absolute atomic E-state index is 8.96. The maximum atomic E-state index is 8.96. The Balaban J connectivity index is 3.18. The number of rotatable bonds is 2. The fourth-order valence-corrected chi connectivity index (χ4v) is 2.24. The summed E-state index contributed by atoms with van der Waals surface area (Å²) in [5.41, 5.74) is 0.829. The van der Waals surface area contributed by atoms with E-state index in [2.05, 4.69) is 31.9 Å². The Morgan fingerprint density at radius 3 is 2.17 bits per heavy atom. The highest BCUT2D eigenvalue weighted by atomic mass is 79.9. The van der Waals surface area contributed by atoms with Crippen molar-refractivity contribution in [1.29, 1.82) is 0 Å². The first-order valence-corrected chi connectivity index (χ1v) is 4.90. The summed E-state index contributed by atoms with van der Waals surface area (Å²) in [5.74, 6) is 0.756. The summed E-state index contributed by atoms with van der Waals surface area (Å²) in [5, 5.41) is 8.96. The fraction of sp³-hybridized carbons (Fsp3) is 0.250. The van der Waals surface area contributed by atoms with Gasteiger partial charge in [-0.15, -0.1) is 0 Å². The Labute approximate surface area is 87.8 Å². The number of aliphatic hydroxyl groups excluding tert-OH is 1. The molecule has 0 radical (unpaired) electrons. The predicted octanol–water partition coefficient (Wildman–Crippen LogP) is 2.71. The Morgan fingerprint density at radius 2 is 1.83 bits per heavy atom. The van der Waals surface area contributed by atoms with Gasteiger partial charge in [-0.05, 0) is 12.1 Å². The zero-order valence-corrected chi connectivity index (χ0v) is 9.65. The van der Waals surface area contributed by atoms with Gasteiger partial charge >= 0.3 is 0 Å². The van der Waals surface area contributed by atoms with Crippen LogP contribution >= 0.6 is 31.9 Å². The molecule has 1 N–H and O–H groups in total. The zero-order chi connectivity index (χ0) is 9.14. The molecule has 12 heavy (non-hydrogen) atoms. The molecule has 66 valence electrons. The molecule has 0 aliphatic rings. The van der Waals surface area contributed by atoms with Crippen molar-refractivity contribution in [3.63, 3.8) is 0 Å². The van der Waals surface area contributed by atoms with Crippen LogP contribution in [0.3, 0.4) is 0 Å². The zero-order valence-electron chi connectivity index (χ0n) is 6.47. The predicted molar refractivity (Wildman–Crippen MR) is 54.3 cm³/mol. The lowest BCUT2D eigenvalue weighted by atomic mass is 10.2. The van der Waals surface area contributed by atoms with E-state index in [-0.39, 0.29) is 6.61 Å². The van der Waals surface area contributed by atoms with Crippen LogP contribution in [-0.4, -0.2) is 12.2 Å². The molecule has 0 saturated carbocycles. The standard InChI is InChI=1S/C8H8Br2O2/c1-12-5-2-7(9)6(4-11)8(10)3-5/h2-3,11H,4H2,1H3. The van der Waals surface area contributed by atoms with Crippen LogP contribution in [0, 0.1) is 0 Å². The molecule has 1 rings (SSSR count). The Bertz CT molecular complexity index is 263. The van der Waals surface area contributed by atoms with Crippen LogP contribution < -0.4 is 4.74 Å². The van der Waals surface area contributed by atoms with E-state index in [4.69, 9.17) is 9.84 Å². The maximum Gasteiger partial charge on any atom is 0.121 e. The second kappa shape index (κ2) is 4.25. The molecule has 0 aliphatic heterocycles. The van der Waals surface area contributed by atoms with Crippen molar-refractivity contribution in [2.75, 3.05) is 7.11 Å². The summed E-state index contributed by atoms with van der Waals surface area (Å²) in [6, 6.07) is 3.63. The van der Waals surface area contributed by atoms with Crippen molar-refractivity contribution in [1.82, 2.24) is 0 Å². The molecular formula is C8H8Br2O2. The van der Waals surface area contributed by atoms with Crippen LogP contribution in [-0.2, 0) is 6.61 Å². The molecule has 2 nitrogen and oxygen atoms in total. The van der Waals surface area contributed by atoms with Crippen LogP contribution in [0.4, 0.5) is 0 Å². The van der Waals surface area contributed by atoms with Crippen LogP contribution in [0.2, 0.25) is 0 Å². The van der Waals surface area contributed by atoms with Gasteiger partial charge in [-0.2, -0.15) is 0 Å². The summed E-state index contributed by atoms with van der Waals surface area (Å²) in [4.78, 5) is 0. The molecule has 0 amide bonds. The van der Waals surface area contributed by atoms with Crippen molar-refractivity contribution in [2.45, 2.75) is 6.61 Å². The number of ether oxygens (including phenoxy) is 1. The Hall–Kier alpha value is -0.0600. The highest BCUT2D eigenvalue weighted by Crippen LogP contribution is 2.30. The minimum atomic E-state index is 0.00512. The molecule has 0 unspecified atom stereocenters. The van der Waals surface area contributed by atoms with E-state index in [1.165, 1.54) is 0 Å². The van der Waals surface area contributed by atoms with E-state index in [0.29, 0.717) is 0 Å². The third-order valence-electron chi connectivity index (χ3n) is 1.51. The van der Waals surface area contributed by atoms with Gasteiger partial charge in [0.1, 0.15) is 5.75 Å². The molecule has 0 fully saturated rings. The van der Waals surface area contributed by atoms with Gasteiger partial charge in [-0.3, -0.25) is 0 Å². The summed E-state index contributed by atoms with van der Waals surface area (Å²) < 4.78 is 6.72. The first-order valence-electron chi connectivity index (χ1n) is 3.31. The average Bonchev–Trinajstić information content (AvgIpc) is 2.03. The average molecular weight is 296 g/mol. The number of halogens is 2. The lowest BCUT2D eigenvalue weighted by molar-refractivity contribution is 0.280. The number of aliphatic hydroxyl groups is 1. The molecule has 4 heteroatoms.